The van der Waals surface area contributed by atoms with Crippen molar-refractivity contribution in [1.29, 1.82) is 0 Å². The molecule has 10 heteroatoms. The normalized spacial score (nSPS) is 10.2. The Kier molecular flexibility index (Phi) is 5.02. The van der Waals surface area contributed by atoms with Gasteiger partial charge in [-0.1, -0.05) is 17.7 Å². The van der Waals surface area contributed by atoms with Gasteiger partial charge in [-0.25, -0.2) is 0 Å². The first kappa shape index (κ1) is 16.6. The van der Waals surface area contributed by atoms with Crippen LogP contribution in [0, 0.1) is 10.1 Å². The lowest BCUT2D eigenvalue weighted by molar-refractivity contribution is -0.389. The number of nitrogens with one attached hydrogen (secondary N) is 2. The molecule has 122 valence electrons. The van der Waals surface area contributed by atoms with Crippen molar-refractivity contribution >= 4 is 23.1 Å². The molecule has 0 unspecified atom stereocenters. The highest BCUT2D eigenvalue weighted by atomic mass is 35.5. The molecule has 0 atom stereocenters. The van der Waals surface area contributed by atoms with Crippen molar-refractivity contribution in [3.8, 4) is 11.5 Å². The summed E-state index contributed by atoms with van der Waals surface area (Å²) in [5.41, 5.74) is -0.115. The average Bonchev–Trinajstić information content (AvgIpc) is 2.55. The SMILES string of the molecule is COc1ccc(CNc2c([N+](=O)[O-])n[nH]c(=O)c2Cl)cc1OC. The maximum atomic E-state index is 11.5. The van der Waals surface area contributed by atoms with Gasteiger partial charge in [0.1, 0.15) is 5.02 Å². The number of rotatable bonds is 6. The molecule has 0 aliphatic carbocycles. The first-order chi connectivity index (χ1) is 11.0. The molecule has 0 amide bonds. The molecule has 2 aromatic rings. The number of nitrogens with zero attached hydrogens (tertiary/aromatic N) is 2. The third kappa shape index (κ3) is 3.51. The van der Waals surface area contributed by atoms with Crippen molar-refractivity contribution in [3.63, 3.8) is 0 Å². The minimum Gasteiger partial charge on any atom is -0.493 e. The average molecular weight is 341 g/mol. The summed E-state index contributed by atoms with van der Waals surface area (Å²) in [5.74, 6) is 0.504. The lowest BCUT2D eigenvalue weighted by atomic mass is 10.2. The van der Waals surface area contributed by atoms with E-state index in [-0.39, 0.29) is 17.3 Å². The first-order valence-electron chi connectivity index (χ1n) is 6.35. The van der Waals surface area contributed by atoms with Gasteiger partial charge in [0.25, 0.3) is 0 Å². The summed E-state index contributed by atoms with van der Waals surface area (Å²) < 4.78 is 10.3. The standard InChI is InChI=1S/C13H13ClN4O5/c1-22-8-4-3-7(5-9(8)23-2)6-15-11-10(14)13(19)17-16-12(11)18(20)21/h3-5H,6H2,1-2H3,(H2,15,17,19). The summed E-state index contributed by atoms with van der Waals surface area (Å²) in [6.07, 6.45) is 0. The molecular formula is C13H13ClN4O5. The van der Waals surface area contributed by atoms with Crippen molar-refractivity contribution < 1.29 is 14.4 Å². The Balaban J connectivity index is 2.29. The summed E-state index contributed by atoms with van der Waals surface area (Å²) in [5, 5.41) is 18.7. The van der Waals surface area contributed by atoms with E-state index in [1.54, 1.807) is 18.2 Å². The highest BCUT2D eigenvalue weighted by Crippen LogP contribution is 2.30. The number of hydrogen-bond acceptors (Lipinski definition) is 7. The number of nitro groups is 1. The van der Waals surface area contributed by atoms with Crippen LogP contribution in [0.1, 0.15) is 5.56 Å². The van der Waals surface area contributed by atoms with Crippen molar-refractivity contribution in [1.82, 2.24) is 10.2 Å². The van der Waals surface area contributed by atoms with Crippen molar-refractivity contribution in [2.45, 2.75) is 6.54 Å². The molecular weight excluding hydrogens is 328 g/mol. The smallest absolute Gasteiger partial charge is 0.413 e. The molecule has 0 radical (unpaired) electrons. The fraction of sp³-hybridized carbons (Fsp3) is 0.231. The molecule has 1 aromatic heterocycles. The van der Waals surface area contributed by atoms with Gasteiger partial charge in [0.05, 0.1) is 19.3 Å². The Hall–Kier alpha value is -2.81. The highest BCUT2D eigenvalue weighted by molar-refractivity contribution is 6.33. The van der Waals surface area contributed by atoms with Gasteiger partial charge in [-0.15, -0.1) is 5.10 Å². The second-order valence-electron chi connectivity index (χ2n) is 4.37. The molecule has 1 aromatic carbocycles. The molecule has 0 bridgehead atoms. The van der Waals surface area contributed by atoms with Crippen LogP contribution in [0.4, 0.5) is 11.5 Å². The van der Waals surface area contributed by atoms with Crippen molar-refractivity contribution in [2.75, 3.05) is 19.5 Å². The van der Waals surface area contributed by atoms with E-state index < -0.39 is 16.3 Å². The fourth-order valence-corrected chi connectivity index (χ4v) is 2.08. The molecule has 0 fully saturated rings. The van der Waals surface area contributed by atoms with E-state index >= 15 is 0 Å². The number of H-pyrrole nitrogens is 1. The number of halogens is 1. The van der Waals surface area contributed by atoms with Gasteiger partial charge < -0.3 is 24.9 Å². The van der Waals surface area contributed by atoms with E-state index in [9.17, 15) is 14.9 Å². The Labute approximate surface area is 135 Å². The summed E-state index contributed by atoms with van der Waals surface area (Å²) in [6, 6.07) is 5.14. The maximum Gasteiger partial charge on any atom is 0.413 e. The number of aromatic nitrogens is 2. The first-order valence-corrected chi connectivity index (χ1v) is 6.73. The number of benzene rings is 1. The second-order valence-corrected chi connectivity index (χ2v) is 4.74. The van der Waals surface area contributed by atoms with Crippen LogP contribution in [-0.4, -0.2) is 29.3 Å². The van der Waals surface area contributed by atoms with Gasteiger partial charge in [-0.05, 0) is 22.6 Å². The molecule has 0 saturated carbocycles. The van der Waals surface area contributed by atoms with Crippen LogP contribution < -0.4 is 20.3 Å². The van der Waals surface area contributed by atoms with E-state index in [4.69, 9.17) is 21.1 Å². The monoisotopic (exact) mass is 340 g/mol. The zero-order chi connectivity index (χ0) is 17.0. The minimum atomic E-state index is -0.737. The molecule has 0 saturated heterocycles. The zero-order valence-electron chi connectivity index (χ0n) is 12.3. The molecule has 2 rings (SSSR count). The minimum absolute atomic E-state index is 0.143. The third-order valence-corrected chi connectivity index (χ3v) is 3.36. The van der Waals surface area contributed by atoms with E-state index in [2.05, 4.69) is 10.4 Å². The van der Waals surface area contributed by atoms with Crippen LogP contribution in [0.5, 0.6) is 11.5 Å². The summed E-state index contributed by atoms with van der Waals surface area (Å²) in [4.78, 5) is 21.7. The van der Waals surface area contributed by atoms with Crippen molar-refractivity contribution in [2.24, 2.45) is 0 Å². The zero-order valence-corrected chi connectivity index (χ0v) is 13.0. The van der Waals surface area contributed by atoms with Crippen LogP contribution in [-0.2, 0) is 6.54 Å². The van der Waals surface area contributed by atoms with Gasteiger partial charge >= 0.3 is 11.4 Å². The molecule has 1 heterocycles. The fourth-order valence-electron chi connectivity index (χ4n) is 1.89. The number of hydrogen-bond donors (Lipinski definition) is 2. The van der Waals surface area contributed by atoms with Gasteiger partial charge in [-0.3, -0.25) is 4.79 Å². The second kappa shape index (κ2) is 6.97. The number of aromatic amines is 1. The van der Waals surface area contributed by atoms with Gasteiger partial charge in [-0.2, -0.15) is 0 Å². The molecule has 0 aliphatic heterocycles. The Morgan fingerprint density at radius 3 is 2.65 bits per heavy atom. The topological polar surface area (TPSA) is 119 Å². The number of methoxy groups -OCH3 is 2. The van der Waals surface area contributed by atoms with Crippen molar-refractivity contribution in [3.05, 3.63) is 49.3 Å². The Morgan fingerprint density at radius 2 is 2.04 bits per heavy atom. The summed E-state index contributed by atoms with van der Waals surface area (Å²) in [7, 11) is 3.01. The molecule has 23 heavy (non-hydrogen) atoms. The third-order valence-electron chi connectivity index (χ3n) is 3.00. The van der Waals surface area contributed by atoms with Crippen LogP contribution in [0.2, 0.25) is 5.02 Å². The van der Waals surface area contributed by atoms with Crippen LogP contribution in [0.15, 0.2) is 23.0 Å². The van der Waals surface area contributed by atoms with Crippen LogP contribution in [0.3, 0.4) is 0 Å². The number of ether oxygens (including phenoxy) is 2. The van der Waals surface area contributed by atoms with E-state index in [1.807, 2.05) is 5.10 Å². The predicted octanol–water partition coefficient (Wildman–Crippen LogP) is 1.96. The number of anilines is 1. The largest absolute Gasteiger partial charge is 0.493 e. The summed E-state index contributed by atoms with van der Waals surface area (Å²) in [6.45, 7) is 0.173. The molecule has 0 aliphatic rings. The Bertz CT molecular complexity index is 792. The lowest BCUT2D eigenvalue weighted by Crippen LogP contribution is -2.15. The quantitative estimate of drug-likeness (QED) is 0.609. The molecule has 2 N–H and O–H groups in total. The van der Waals surface area contributed by atoms with Gasteiger partial charge in [0.2, 0.25) is 0 Å². The van der Waals surface area contributed by atoms with E-state index in [1.165, 1.54) is 14.2 Å². The van der Waals surface area contributed by atoms with Crippen LogP contribution in [0.25, 0.3) is 0 Å². The van der Waals surface area contributed by atoms with Gasteiger partial charge in [0.15, 0.2) is 17.2 Å². The molecule has 0 spiro atoms. The van der Waals surface area contributed by atoms with Gasteiger partial charge in [0, 0.05) is 6.54 Å². The predicted molar refractivity (Wildman–Crippen MR) is 83.4 cm³/mol. The summed E-state index contributed by atoms with van der Waals surface area (Å²) >= 11 is 5.82. The Morgan fingerprint density at radius 1 is 1.35 bits per heavy atom. The molecule has 9 nitrogen and oxygen atoms in total. The van der Waals surface area contributed by atoms with E-state index in [0.29, 0.717) is 11.5 Å². The van der Waals surface area contributed by atoms with E-state index in [0.717, 1.165) is 5.56 Å². The van der Waals surface area contributed by atoms with Crippen LogP contribution >= 0.6 is 11.6 Å². The maximum absolute atomic E-state index is 11.5. The highest BCUT2D eigenvalue weighted by Gasteiger charge is 2.22. The lowest BCUT2D eigenvalue weighted by Gasteiger charge is -2.11.